The van der Waals surface area contributed by atoms with Crippen LogP contribution in [-0.2, 0) is 10.0 Å². The second-order valence-corrected chi connectivity index (χ2v) is 7.60. The molecule has 3 nitrogen and oxygen atoms in total. The van der Waals surface area contributed by atoms with Gasteiger partial charge in [-0.25, -0.2) is 13.1 Å². The summed E-state index contributed by atoms with van der Waals surface area (Å²) in [6.45, 7) is 4.00. The Morgan fingerprint density at radius 3 is 2.63 bits per heavy atom. The largest absolute Gasteiger partial charge is 0.242 e. The highest BCUT2D eigenvalue weighted by Gasteiger charge is 2.20. The molecule has 1 N–H and O–H groups in total. The SMILES string of the molecule is CCCCCC(C)NS(=O)(=O)c1ccc(Br)cc1Cl. The van der Waals surface area contributed by atoms with Crippen molar-refractivity contribution >= 4 is 37.6 Å². The standard InChI is InChI=1S/C13H19BrClNO2S/c1-3-4-5-6-10(2)16-19(17,18)13-8-7-11(14)9-12(13)15/h7-10,16H,3-6H2,1-2H3. The minimum Gasteiger partial charge on any atom is -0.208 e. The van der Waals surface area contributed by atoms with E-state index in [-0.39, 0.29) is 16.0 Å². The third-order valence-corrected chi connectivity index (χ3v) is 5.35. The minimum absolute atomic E-state index is 0.0868. The van der Waals surface area contributed by atoms with Crippen LogP contribution in [0.15, 0.2) is 27.6 Å². The first-order chi connectivity index (χ1) is 8.86. The number of hydrogen-bond acceptors (Lipinski definition) is 2. The molecule has 0 aromatic heterocycles. The van der Waals surface area contributed by atoms with E-state index in [4.69, 9.17) is 11.6 Å². The molecule has 0 amide bonds. The van der Waals surface area contributed by atoms with E-state index in [1.165, 1.54) is 6.07 Å². The van der Waals surface area contributed by atoms with Gasteiger partial charge < -0.3 is 0 Å². The van der Waals surface area contributed by atoms with Crippen LogP contribution < -0.4 is 4.72 Å². The van der Waals surface area contributed by atoms with Crippen LogP contribution in [0.3, 0.4) is 0 Å². The highest BCUT2D eigenvalue weighted by Crippen LogP contribution is 2.25. The molecular weight excluding hydrogens is 350 g/mol. The number of hydrogen-bond donors (Lipinski definition) is 1. The Bertz CT molecular complexity index is 519. The van der Waals surface area contributed by atoms with E-state index in [1.807, 2.05) is 6.92 Å². The number of unbranched alkanes of at least 4 members (excludes halogenated alkanes) is 2. The number of sulfonamides is 1. The second kappa shape index (κ2) is 7.62. The van der Waals surface area contributed by atoms with Gasteiger partial charge in [-0.3, -0.25) is 0 Å². The molecule has 0 saturated heterocycles. The molecule has 0 heterocycles. The van der Waals surface area contributed by atoms with Gasteiger partial charge in [-0.2, -0.15) is 0 Å². The smallest absolute Gasteiger partial charge is 0.208 e. The van der Waals surface area contributed by atoms with Gasteiger partial charge in [0, 0.05) is 10.5 Å². The average molecular weight is 369 g/mol. The first kappa shape index (κ1) is 17.0. The van der Waals surface area contributed by atoms with E-state index in [0.717, 1.165) is 30.2 Å². The zero-order valence-electron chi connectivity index (χ0n) is 11.1. The molecule has 1 aromatic rings. The lowest BCUT2D eigenvalue weighted by atomic mass is 10.1. The lowest BCUT2D eigenvalue weighted by molar-refractivity contribution is 0.527. The average Bonchev–Trinajstić information content (AvgIpc) is 2.27. The van der Waals surface area contributed by atoms with Gasteiger partial charge in [-0.05, 0) is 31.5 Å². The summed E-state index contributed by atoms with van der Waals surface area (Å²) >= 11 is 9.23. The first-order valence-corrected chi connectivity index (χ1v) is 8.99. The van der Waals surface area contributed by atoms with Crippen LogP contribution in [0, 0.1) is 0 Å². The van der Waals surface area contributed by atoms with Crippen LogP contribution in [0.2, 0.25) is 5.02 Å². The molecule has 108 valence electrons. The summed E-state index contributed by atoms with van der Waals surface area (Å²) in [5.74, 6) is 0. The normalized spacial score (nSPS) is 13.5. The van der Waals surface area contributed by atoms with Gasteiger partial charge >= 0.3 is 0 Å². The van der Waals surface area contributed by atoms with Gasteiger partial charge in [0.25, 0.3) is 0 Å². The highest BCUT2D eigenvalue weighted by molar-refractivity contribution is 9.10. The van der Waals surface area contributed by atoms with Crippen LogP contribution in [-0.4, -0.2) is 14.5 Å². The predicted octanol–water partition coefficient (Wildman–Crippen LogP) is 4.35. The number of nitrogens with one attached hydrogen (secondary N) is 1. The van der Waals surface area contributed by atoms with Crippen molar-refractivity contribution in [2.45, 2.75) is 50.5 Å². The quantitative estimate of drug-likeness (QED) is 0.727. The molecule has 0 radical (unpaired) electrons. The van der Waals surface area contributed by atoms with Crippen molar-refractivity contribution in [3.63, 3.8) is 0 Å². The van der Waals surface area contributed by atoms with Crippen molar-refractivity contribution in [1.82, 2.24) is 4.72 Å². The Balaban J connectivity index is 2.75. The van der Waals surface area contributed by atoms with Gasteiger partial charge in [0.05, 0.1) is 5.02 Å². The number of rotatable bonds is 7. The van der Waals surface area contributed by atoms with Gasteiger partial charge in [0.2, 0.25) is 10.0 Å². The molecular formula is C13H19BrClNO2S. The van der Waals surface area contributed by atoms with Crippen LogP contribution in [0.5, 0.6) is 0 Å². The fraction of sp³-hybridized carbons (Fsp3) is 0.538. The van der Waals surface area contributed by atoms with E-state index in [2.05, 4.69) is 27.6 Å². The summed E-state index contributed by atoms with van der Waals surface area (Å²) in [4.78, 5) is 0.125. The van der Waals surface area contributed by atoms with Gasteiger partial charge in [0.15, 0.2) is 0 Å². The van der Waals surface area contributed by atoms with Crippen molar-refractivity contribution in [3.8, 4) is 0 Å². The zero-order chi connectivity index (χ0) is 14.5. The van der Waals surface area contributed by atoms with Crippen molar-refractivity contribution in [2.75, 3.05) is 0 Å². The van der Waals surface area contributed by atoms with Crippen LogP contribution >= 0.6 is 27.5 Å². The lowest BCUT2D eigenvalue weighted by Crippen LogP contribution is -2.32. The molecule has 1 rings (SSSR count). The van der Waals surface area contributed by atoms with Crippen molar-refractivity contribution in [1.29, 1.82) is 0 Å². The summed E-state index contributed by atoms with van der Waals surface area (Å²) in [6, 6.07) is 4.67. The maximum Gasteiger partial charge on any atom is 0.242 e. The van der Waals surface area contributed by atoms with Gasteiger partial charge in [-0.1, -0.05) is 53.7 Å². The first-order valence-electron chi connectivity index (χ1n) is 6.34. The van der Waals surface area contributed by atoms with E-state index in [0.29, 0.717) is 0 Å². The number of halogens is 2. The van der Waals surface area contributed by atoms with E-state index >= 15 is 0 Å². The Morgan fingerprint density at radius 2 is 2.05 bits per heavy atom. The topological polar surface area (TPSA) is 46.2 Å². The highest BCUT2D eigenvalue weighted by atomic mass is 79.9. The maximum absolute atomic E-state index is 12.2. The van der Waals surface area contributed by atoms with Crippen molar-refractivity contribution in [3.05, 3.63) is 27.7 Å². The summed E-state index contributed by atoms with van der Waals surface area (Å²) < 4.78 is 27.8. The summed E-state index contributed by atoms with van der Waals surface area (Å²) in [6.07, 6.45) is 4.10. The molecule has 0 aliphatic rings. The number of benzene rings is 1. The molecule has 0 aliphatic carbocycles. The molecule has 0 spiro atoms. The molecule has 6 heteroatoms. The minimum atomic E-state index is -3.55. The summed E-state index contributed by atoms with van der Waals surface area (Å²) in [5.41, 5.74) is 0. The third kappa shape index (κ3) is 5.42. The van der Waals surface area contributed by atoms with Crippen molar-refractivity contribution in [2.24, 2.45) is 0 Å². The van der Waals surface area contributed by atoms with Crippen molar-refractivity contribution < 1.29 is 8.42 Å². The Hall–Kier alpha value is -0.100. The molecule has 0 aliphatic heterocycles. The monoisotopic (exact) mass is 367 g/mol. The molecule has 1 aromatic carbocycles. The van der Waals surface area contributed by atoms with Crippen LogP contribution in [0.25, 0.3) is 0 Å². The lowest BCUT2D eigenvalue weighted by Gasteiger charge is -2.14. The van der Waals surface area contributed by atoms with Gasteiger partial charge in [-0.15, -0.1) is 0 Å². The maximum atomic E-state index is 12.2. The van der Waals surface area contributed by atoms with E-state index in [1.54, 1.807) is 12.1 Å². The summed E-state index contributed by atoms with van der Waals surface area (Å²) in [7, 11) is -3.55. The second-order valence-electron chi connectivity index (χ2n) is 4.59. The van der Waals surface area contributed by atoms with Gasteiger partial charge in [0.1, 0.15) is 4.90 Å². The molecule has 0 saturated carbocycles. The Labute approximate surface area is 128 Å². The fourth-order valence-corrected chi connectivity index (χ4v) is 4.10. The molecule has 1 atom stereocenters. The predicted molar refractivity (Wildman–Crippen MR) is 83.1 cm³/mol. The fourth-order valence-electron chi connectivity index (χ4n) is 1.78. The molecule has 1 unspecified atom stereocenters. The molecule has 0 bridgehead atoms. The molecule has 19 heavy (non-hydrogen) atoms. The Kier molecular flexibility index (Phi) is 6.80. The van der Waals surface area contributed by atoms with Crippen LogP contribution in [0.1, 0.15) is 39.5 Å². The summed E-state index contributed by atoms with van der Waals surface area (Å²) in [5, 5.41) is 0.225. The third-order valence-electron chi connectivity index (χ3n) is 2.78. The Morgan fingerprint density at radius 1 is 1.37 bits per heavy atom. The van der Waals surface area contributed by atoms with E-state index < -0.39 is 10.0 Å². The zero-order valence-corrected chi connectivity index (χ0v) is 14.3. The molecule has 0 fully saturated rings. The van der Waals surface area contributed by atoms with E-state index in [9.17, 15) is 8.42 Å². The van der Waals surface area contributed by atoms with Crippen LogP contribution in [0.4, 0.5) is 0 Å².